The highest BCUT2D eigenvalue weighted by atomic mass is 16.7. The van der Waals surface area contributed by atoms with Crippen LogP contribution in [0.5, 0.6) is 5.75 Å². The molecule has 0 spiro atoms. The molecule has 0 aromatic heterocycles. The van der Waals surface area contributed by atoms with E-state index >= 15 is 0 Å². The molecular weight excluding hydrogens is 312 g/mol. The van der Waals surface area contributed by atoms with E-state index in [4.69, 9.17) is 14.2 Å². The van der Waals surface area contributed by atoms with Gasteiger partial charge in [0.05, 0.1) is 7.11 Å². The van der Waals surface area contributed by atoms with E-state index in [2.05, 4.69) is 31.2 Å². The zero-order chi connectivity index (χ0) is 18.3. The van der Waals surface area contributed by atoms with Crippen LogP contribution >= 0.6 is 0 Å². The highest BCUT2D eigenvalue weighted by Gasteiger charge is 2.13. The van der Waals surface area contributed by atoms with Crippen LogP contribution in [0.15, 0.2) is 30.3 Å². The molecule has 3 heteroatoms. The van der Waals surface area contributed by atoms with Gasteiger partial charge in [0, 0.05) is 20.6 Å². The Kier molecular flexibility index (Phi) is 12.1. The van der Waals surface area contributed by atoms with Crippen LogP contribution in [-0.2, 0) is 9.47 Å². The Morgan fingerprint density at radius 1 is 0.880 bits per heavy atom. The first-order valence-corrected chi connectivity index (χ1v) is 9.61. The van der Waals surface area contributed by atoms with Crippen molar-refractivity contribution in [3.63, 3.8) is 0 Å². The molecular formula is C22H36O3. The van der Waals surface area contributed by atoms with E-state index in [0.717, 1.165) is 12.2 Å². The van der Waals surface area contributed by atoms with Gasteiger partial charge in [-0.1, -0.05) is 69.7 Å². The molecule has 0 radical (unpaired) electrons. The second-order valence-electron chi connectivity index (χ2n) is 6.59. The van der Waals surface area contributed by atoms with Crippen molar-refractivity contribution >= 4 is 6.08 Å². The monoisotopic (exact) mass is 348 g/mol. The van der Waals surface area contributed by atoms with Crippen molar-refractivity contribution in [2.45, 2.75) is 64.6 Å². The van der Waals surface area contributed by atoms with E-state index in [-0.39, 0.29) is 6.29 Å². The Bertz CT molecular complexity index is 449. The molecule has 0 fully saturated rings. The molecule has 0 saturated heterocycles. The van der Waals surface area contributed by atoms with Crippen LogP contribution in [0.25, 0.3) is 6.08 Å². The van der Waals surface area contributed by atoms with Crippen LogP contribution < -0.4 is 4.74 Å². The van der Waals surface area contributed by atoms with Crippen LogP contribution in [0, 0.1) is 5.92 Å². The number of unbranched alkanes of at least 4 members (excludes halogenated alkanes) is 5. The van der Waals surface area contributed by atoms with Gasteiger partial charge in [-0.05, 0) is 30.0 Å². The predicted octanol–water partition coefficient (Wildman–Crippen LogP) is 6.08. The van der Waals surface area contributed by atoms with E-state index in [1.54, 1.807) is 21.3 Å². The lowest BCUT2D eigenvalue weighted by Gasteiger charge is -2.19. The number of allylic oxidation sites excluding steroid dienone is 1. The topological polar surface area (TPSA) is 27.7 Å². The van der Waals surface area contributed by atoms with Crippen molar-refractivity contribution in [2.75, 3.05) is 21.3 Å². The Morgan fingerprint density at radius 3 is 2.12 bits per heavy atom. The second-order valence-corrected chi connectivity index (χ2v) is 6.59. The number of benzene rings is 1. The third-order valence-electron chi connectivity index (χ3n) is 4.63. The maximum atomic E-state index is 5.40. The lowest BCUT2D eigenvalue weighted by molar-refractivity contribution is -0.111. The summed E-state index contributed by atoms with van der Waals surface area (Å²) in [5.74, 6) is 1.36. The van der Waals surface area contributed by atoms with Crippen molar-refractivity contribution in [2.24, 2.45) is 5.92 Å². The second kappa shape index (κ2) is 13.9. The van der Waals surface area contributed by atoms with Gasteiger partial charge in [0.25, 0.3) is 0 Å². The molecule has 0 amide bonds. The molecule has 0 heterocycles. The first-order valence-electron chi connectivity index (χ1n) is 9.61. The summed E-state index contributed by atoms with van der Waals surface area (Å²) in [4.78, 5) is 0. The van der Waals surface area contributed by atoms with Gasteiger partial charge in [-0.3, -0.25) is 0 Å². The van der Waals surface area contributed by atoms with Crippen molar-refractivity contribution in [3.8, 4) is 5.75 Å². The minimum absolute atomic E-state index is 0.134. The average Bonchev–Trinajstić information content (AvgIpc) is 2.66. The van der Waals surface area contributed by atoms with E-state index in [1.807, 2.05) is 12.1 Å². The maximum absolute atomic E-state index is 5.40. The summed E-state index contributed by atoms with van der Waals surface area (Å²) >= 11 is 0. The summed E-state index contributed by atoms with van der Waals surface area (Å²) in [6, 6.07) is 8.16. The van der Waals surface area contributed by atoms with Gasteiger partial charge in [-0.2, -0.15) is 0 Å². The minimum atomic E-state index is -0.134. The predicted molar refractivity (Wildman–Crippen MR) is 106 cm³/mol. The van der Waals surface area contributed by atoms with Crippen LogP contribution in [0.2, 0.25) is 0 Å². The molecule has 0 N–H and O–H groups in total. The summed E-state index contributed by atoms with van der Waals surface area (Å²) in [7, 11) is 5.11. The van der Waals surface area contributed by atoms with E-state index < -0.39 is 0 Å². The molecule has 0 unspecified atom stereocenters. The lowest BCUT2D eigenvalue weighted by atomic mass is 9.95. The van der Waals surface area contributed by atoms with Crippen LogP contribution in [0.4, 0.5) is 0 Å². The van der Waals surface area contributed by atoms with Gasteiger partial charge in [0.1, 0.15) is 5.75 Å². The molecule has 25 heavy (non-hydrogen) atoms. The third kappa shape index (κ3) is 9.66. The van der Waals surface area contributed by atoms with Gasteiger partial charge in [0.2, 0.25) is 0 Å². The zero-order valence-corrected chi connectivity index (χ0v) is 16.5. The molecule has 1 rings (SSSR count). The molecule has 0 saturated carbocycles. The standard InChI is InChI=1S/C22H36O3/c1-5-6-7-8-9-10-11-20(18-22(24-3)25-4)13-12-19-14-16-21(23-2)17-15-19/h12-17,20,22H,5-11,18H2,1-4H3/b13-12+/t20-/m0/s1. The fraction of sp³-hybridized carbons (Fsp3) is 0.636. The van der Waals surface area contributed by atoms with E-state index in [0.29, 0.717) is 5.92 Å². The maximum Gasteiger partial charge on any atom is 0.157 e. The van der Waals surface area contributed by atoms with Crippen molar-refractivity contribution in [1.29, 1.82) is 0 Å². The number of rotatable bonds is 14. The summed E-state index contributed by atoms with van der Waals surface area (Å²) < 4.78 is 16.0. The molecule has 0 aliphatic carbocycles. The highest BCUT2D eigenvalue weighted by molar-refractivity contribution is 5.50. The molecule has 142 valence electrons. The summed E-state index contributed by atoms with van der Waals surface area (Å²) in [5, 5.41) is 0. The minimum Gasteiger partial charge on any atom is -0.497 e. The first kappa shape index (κ1) is 21.7. The fourth-order valence-electron chi connectivity index (χ4n) is 2.98. The fourth-order valence-corrected chi connectivity index (χ4v) is 2.98. The first-order chi connectivity index (χ1) is 12.2. The van der Waals surface area contributed by atoms with Crippen LogP contribution in [0.3, 0.4) is 0 Å². The van der Waals surface area contributed by atoms with Crippen molar-refractivity contribution in [3.05, 3.63) is 35.9 Å². The van der Waals surface area contributed by atoms with E-state index in [1.165, 1.54) is 50.5 Å². The molecule has 0 aliphatic rings. The molecule has 1 atom stereocenters. The Balaban J connectivity index is 2.54. The molecule has 0 aliphatic heterocycles. The third-order valence-corrected chi connectivity index (χ3v) is 4.63. The SMILES string of the molecule is CCCCCCCC[C@@H](/C=C/c1ccc(OC)cc1)CC(OC)OC. The van der Waals surface area contributed by atoms with Gasteiger partial charge in [-0.25, -0.2) is 0 Å². The van der Waals surface area contributed by atoms with Crippen molar-refractivity contribution in [1.82, 2.24) is 0 Å². The van der Waals surface area contributed by atoms with Crippen LogP contribution in [0.1, 0.15) is 63.9 Å². The van der Waals surface area contributed by atoms with E-state index in [9.17, 15) is 0 Å². The van der Waals surface area contributed by atoms with Crippen LogP contribution in [-0.4, -0.2) is 27.6 Å². The molecule has 3 nitrogen and oxygen atoms in total. The summed E-state index contributed by atoms with van der Waals surface area (Å²) in [5.41, 5.74) is 1.19. The normalized spacial score (nSPS) is 12.8. The largest absolute Gasteiger partial charge is 0.497 e. The smallest absolute Gasteiger partial charge is 0.157 e. The average molecular weight is 349 g/mol. The molecule has 1 aromatic rings. The Hall–Kier alpha value is -1.32. The number of hydrogen-bond donors (Lipinski definition) is 0. The summed E-state index contributed by atoms with van der Waals surface area (Å²) in [6.45, 7) is 2.26. The number of methoxy groups -OCH3 is 3. The van der Waals surface area contributed by atoms with Crippen molar-refractivity contribution < 1.29 is 14.2 Å². The van der Waals surface area contributed by atoms with Gasteiger partial charge >= 0.3 is 0 Å². The highest BCUT2D eigenvalue weighted by Crippen LogP contribution is 2.21. The molecule has 0 bridgehead atoms. The number of ether oxygens (including phenoxy) is 3. The van der Waals surface area contributed by atoms with Gasteiger partial charge in [0.15, 0.2) is 6.29 Å². The quantitative estimate of drug-likeness (QED) is 0.301. The Labute approximate surface area is 154 Å². The molecule has 1 aromatic carbocycles. The van der Waals surface area contributed by atoms with Gasteiger partial charge < -0.3 is 14.2 Å². The summed E-state index contributed by atoms with van der Waals surface area (Å²) in [6.07, 6.45) is 14.4. The lowest BCUT2D eigenvalue weighted by Crippen LogP contribution is -2.17. The zero-order valence-electron chi connectivity index (χ0n) is 16.5. The Morgan fingerprint density at radius 2 is 1.52 bits per heavy atom. The number of hydrogen-bond acceptors (Lipinski definition) is 3. The van der Waals surface area contributed by atoms with Gasteiger partial charge in [-0.15, -0.1) is 0 Å².